The van der Waals surface area contributed by atoms with Gasteiger partial charge in [-0.15, -0.1) is 0 Å². The van der Waals surface area contributed by atoms with Crippen molar-refractivity contribution >= 4 is 17.5 Å². The van der Waals surface area contributed by atoms with E-state index in [-0.39, 0.29) is 5.78 Å². The molecule has 0 heterocycles. The minimum atomic E-state index is 0.286. The van der Waals surface area contributed by atoms with Crippen molar-refractivity contribution < 1.29 is 4.79 Å². The molecule has 0 aromatic rings. The fraction of sp³-hybridized carbons (Fsp3) is 0.933. The molecule has 0 rings (SSSR count). The van der Waals surface area contributed by atoms with E-state index in [1.54, 1.807) is 18.7 Å². The Balaban J connectivity index is -0.000000225. The third-order valence-corrected chi connectivity index (χ3v) is 2.73. The lowest BCUT2D eigenvalue weighted by Gasteiger charge is -2.07. The smallest absolute Gasteiger partial charge is 0.130 e. The molecule has 0 unspecified atom stereocenters. The maximum absolute atomic E-state index is 10.2. The number of unbranched alkanes of at least 4 members (excludes halogenated alkanes) is 3. The standard InChI is InChI=1S/C8H19N.C5H10OS.C2H6/c1-4-5-6-7-8-9(2)3;1-5(6)3-4-7-2;1-2/h4-8H2,1-3H3;3-4H2,1-2H3;1-2H3. The first-order valence-electron chi connectivity index (χ1n) is 7.17. The van der Waals surface area contributed by atoms with Crippen LogP contribution in [0.15, 0.2) is 0 Å². The molecule has 18 heavy (non-hydrogen) atoms. The molecule has 0 aromatic heterocycles. The molecule has 0 bridgehead atoms. The normalized spacial score (nSPS) is 9.11. The number of carbonyl (C=O) groups excluding carboxylic acids is 1. The van der Waals surface area contributed by atoms with E-state index < -0.39 is 0 Å². The molecule has 0 saturated heterocycles. The molecule has 0 aliphatic heterocycles. The van der Waals surface area contributed by atoms with Crippen LogP contribution in [0, 0.1) is 0 Å². The van der Waals surface area contributed by atoms with Crippen molar-refractivity contribution in [2.45, 2.75) is 59.8 Å². The summed E-state index contributed by atoms with van der Waals surface area (Å²) in [6.45, 7) is 9.12. The van der Waals surface area contributed by atoms with Gasteiger partial charge >= 0.3 is 0 Å². The monoisotopic (exact) mass is 277 g/mol. The first kappa shape index (κ1) is 23.1. The van der Waals surface area contributed by atoms with E-state index in [9.17, 15) is 4.79 Å². The average molecular weight is 278 g/mol. The molecule has 3 heteroatoms. The van der Waals surface area contributed by atoms with Gasteiger partial charge < -0.3 is 4.90 Å². The van der Waals surface area contributed by atoms with Crippen LogP contribution in [0.1, 0.15) is 59.8 Å². The topological polar surface area (TPSA) is 20.3 Å². The van der Waals surface area contributed by atoms with Crippen molar-refractivity contribution in [1.29, 1.82) is 0 Å². The summed E-state index contributed by atoms with van der Waals surface area (Å²) in [7, 11) is 4.26. The zero-order valence-electron chi connectivity index (χ0n) is 13.7. The van der Waals surface area contributed by atoms with E-state index in [1.165, 1.54) is 32.2 Å². The van der Waals surface area contributed by atoms with Crippen molar-refractivity contribution in [3.8, 4) is 0 Å². The molecule has 0 aromatic carbocycles. The number of hydrogen-bond acceptors (Lipinski definition) is 3. The Bertz CT molecular complexity index is 149. The molecular formula is C15H35NOS. The summed E-state index contributed by atoms with van der Waals surface area (Å²) in [5.41, 5.74) is 0. The van der Waals surface area contributed by atoms with Gasteiger partial charge in [0.05, 0.1) is 0 Å². The maximum atomic E-state index is 10.2. The Labute approximate surface area is 120 Å². The second-order valence-corrected chi connectivity index (χ2v) is 5.29. The van der Waals surface area contributed by atoms with E-state index >= 15 is 0 Å². The van der Waals surface area contributed by atoms with Crippen molar-refractivity contribution in [3.63, 3.8) is 0 Å². The number of hydrogen-bond donors (Lipinski definition) is 0. The molecule has 0 aliphatic carbocycles. The van der Waals surface area contributed by atoms with Crippen LogP contribution in [0.3, 0.4) is 0 Å². The van der Waals surface area contributed by atoms with Gasteiger partial charge in [0, 0.05) is 6.42 Å². The van der Waals surface area contributed by atoms with Crippen molar-refractivity contribution in [1.82, 2.24) is 4.90 Å². The van der Waals surface area contributed by atoms with Gasteiger partial charge in [-0.2, -0.15) is 11.8 Å². The fourth-order valence-electron chi connectivity index (χ4n) is 1.10. The molecule has 0 fully saturated rings. The number of carbonyl (C=O) groups is 1. The second-order valence-electron chi connectivity index (χ2n) is 4.31. The molecule has 0 N–H and O–H groups in total. The first-order chi connectivity index (χ1) is 8.54. The van der Waals surface area contributed by atoms with E-state index in [4.69, 9.17) is 0 Å². The molecule has 0 radical (unpaired) electrons. The number of nitrogens with zero attached hydrogens (tertiary/aromatic N) is 1. The van der Waals surface area contributed by atoms with E-state index in [0.717, 1.165) is 12.2 Å². The van der Waals surface area contributed by atoms with Crippen LogP contribution in [0.4, 0.5) is 0 Å². The van der Waals surface area contributed by atoms with Gasteiger partial charge in [0.1, 0.15) is 5.78 Å². The van der Waals surface area contributed by atoms with Crippen LogP contribution in [0.5, 0.6) is 0 Å². The maximum Gasteiger partial charge on any atom is 0.130 e. The lowest BCUT2D eigenvalue weighted by atomic mass is 10.2. The van der Waals surface area contributed by atoms with Gasteiger partial charge in [0.15, 0.2) is 0 Å². The number of rotatable bonds is 8. The molecule has 0 spiro atoms. The van der Waals surface area contributed by atoms with E-state index in [2.05, 4.69) is 25.9 Å². The third-order valence-electron chi connectivity index (χ3n) is 2.12. The number of thioether (sulfide) groups is 1. The summed E-state index contributed by atoms with van der Waals surface area (Å²) in [6.07, 6.45) is 8.22. The molecular weight excluding hydrogens is 242 g/mol. The van der Waals surface area contributed by atoms with E-state index in [0.29, 0.717) is 0 Å². The number of Topliss-reactive ketones (excluding diaryl/α,β-unsaturated/α-hetero) is 1. The predicted molar refractivity (Wildman–Crippen MR) is 87.7 cm³/mol. The van der Waals surface area contributed by atoms with Gasteiger partial charge in [-0.3, -0.25) is 4.79 Å². The van der Waals surface area contributed by atoms with Crippen molar-refractivity contribution in [3.05, 3.63) is 0 Å². The minimum absolute atomic E-state index is 0.286. The number of ketones is 1. The first-order valence-corrected chi connectivity index (χ1v) is 8.57. The van der Waals surface area contributed by atoms with Gasteiger partial charge in [-0.05, 0) is 46.0 Å². The fourth-order valence-corrected chi connectivity index (χ4v) is 1.59. The van der Waals surface area contributed by atoms with Crippen LogP contribution in [0.2, 0.25) is 0 Å². The highest BCUT2D eigenvalue weighted by Gasteiger charge is 1.88. The van der Waals surface area contributed by atoms with Crippen LogP contribution in [-0.2, 0) is 4.79 Å². The van der Waals surface area contributed by atoms with Gasteiger partial charge in [-0.1, -0.05) is 40.0 Å². The highest BCUT2D eigenvalue weighted by molar-refractivity contribution is 7.98. The predicted octanol–water partition coefficient (Wildman–Crippen LogP) is 4.48. The summed E-state index contributed by atoms with van der Waals surface area (Å²) in [5.74, 6) is 1.25. The van der Waals surface area contributed by atoms with Crippen LogP contribution >= 0.6 is 11.8 Å². The van der Waals surface area contributed by atoms with Gasteiger partial charge in [0.25, 0.3) is 0 Å². The quantitative estimate of drug-likeness (QED) is 0.610. The molecule has 0 aliphatic rings. The Morgan fingerprint density at radius 2 is 1.67 bits per heavy atom. The lowest BCUT2D eigenvalue weighted by molar-refractivity contribution is -0.116. The summed E-state index contributed by atoms with van der Waals surface area (Å²) in [5, 5.41) is 0. The molecule has 0 amide bonds. The zero-order chi connectivity index (χ0) is 14.8. The SMILES string of the molecule is CC.CCCCCCN(C)C.CSCCC(C)=O. The van der Waals surface area contributed by atoms with Gasteiger partial charge in [0.2, 0.25) is 0 Å². The zero-order valence-corrected chi connectivity index (χ0v) is 14.5. The van der Waals surface area contributed by atoms with Crippen LogP contribution < -0.4 is 0 Å². The molecule has 2 nitrogen and oxygen atoms in total. The highest BCUT2D eigenvalue weighted by atomic mass is 32.2. The van der Waals surface area contributed by atoms with Gasteiger partial charge in [-0.25, -0.2) is 0 Å². The Kier molecular flexibility index (Phi) is 28.5. The molecule has 112 valence electrons. The molecule has 0 saturated carbocycles. The minimum Gasteiger partial charge on any atom is -0.309 e. The lowest BCUT2D eigenvalue weighted by Crippen LogP contribution is -2.12. The molecule has 0 atom stereocenters. The summed E-state index contributed by atoms with van der Waals surface area (Å²) in [4.78, 5) is 12.4. The van der Waals surface area contributed by atoms with Crippen molar-refractivity contribution in [2.75, 3.05) is 32.6 Å². The van der Waals surface area contributed by atoms with Crippen molar-refractivity contribution in [2.24, 2.45) is 0 Å². The summed E-state index contributed by atoms with van der Waals surface area (Å²) in [6, 6.07) is 0. The van der Waals surface area contributed by atoms with E-state index in [1.807, 2.05) is 20.1 Å². The highest BCUT2D eigenvalue weighted by Crippen LogP contribution is 1.98. The second kappa shape index (κ2) is 22.2. The summed E-state index contributed by atoms with van der Waals surface area (Å²) < 4.78 is 0. The average Bonchev–Trinajstić information content (AvgIpc) is 2.35. The third kappa shape index (κ3) is 36.0. The Hall–Kier alpha value is -0.0200. The largest absolute Gasteiger partial charge is 0.309 e. The Morgan fingerprint density at radius 3 is 1.94 bits per heavy atom. The Morgan fingerprint density at radius 1 is 1.11 bits per heavy atom. The van der Waals surface area contributed by atoms with Crippen LogP contribution in [0.25, 0.3) is 0 Å². The van der Waals surface area contributed by atoms with Crippen LogP contribution in [-0.4, -0.2) is 43.3 Å². The summed E-state index contributed by atoms with van der Waals surface area (Å²) >= 11 is 1.71.